The van der Waals surface area contributed by atoms with E-state index in [0.29, 0.717) is 12.5 Å². The zero-order valence-corrected chi connectivity index (χ0v) is 23.5. The summed E-state index contributed by atoms with van der Waals surface area (Å²) in [4.78, 5) is 24.9. The van der Waals surface area contributed by atoms with Gasteiger partial charge in [-0.15, -0.1) is 10.2 Å². The molecule has 0 aromatic carbocycles. The van der Waals surface area contributed by atoms with Crippen LogP contribution >= 0.6 is 0 Å². The van der Waals surface area contributed by atoms with Crippen molar-refractivity contribution in [2.24, 2.45) is 5.92 Å². The van der Waals surface area contributed by atoms with E-state index in [2.05, 4.69) is 35.4 Å². The number of fused-ring (bicyclic) bond motifs is 1. The molecule has 0 radical (unpaired) electrons. The van der Waals surface area contributed by atoms with E-state index in [9.17, 15) is 4.79 Å². The van der Waals surface area contributed by atoms with Gasteiger partial charge < -0.3 is 19.5 Å². The van der Waals surface area contributed by atoms with Crippen LogP contribution in [-0.2, 0) is 11.3 Å². The number of nitrogens with one attached hydrogen (secondary N) is 1. The molecule has 4 aromatic rings. The average molecular weight is 544 g/mol. The minimum absolute atomic E-state index is 0.0965. The van der Waals surface area contributed by atoms with Crippen molar-refractivity contribution in [2.75, 3.05) is 24.5 Å². The number of nitrogens with zero attached hydrogens (tertiary/aromatic N) is 8. The van der Waals surface area contributed by atoms with Crippen LogP contribution in [0.1, 0.15) is 58.6 Å². The van der Waals surface area contributed by atoms with Crippen LogP contribution in [0.15, 0.2) is 42.9 Å². The Morgan fingerprint density at radius 2 is 2.00 bits per heavy atom. The fraction of sp³-hybridized carbons (Fsp3) is 0.517. The first-order valence-electron chi connectivity index (χ1n) is 14.2. The Morgan fingerprint density at radius 1 is 1.12 bits per heavy atom. The minimum atomic E-state index is -0.512. The molecule has 0 bridgehead atoms. The highest BCUT2D eigenvalue weighted by atomic mass is 16.6. The fourth-order valence-electron chi connectivity index (χ4n) is 5.42. The normalized spacial score (nSPS) is 18.1. The molecule has 1 amide bonds. The molecular weight excluding hydrogens is 506 g/mol. The SMILES string of the molecule is CC(C)(C)OC(=O)N(CC1CCC1)[C@@H]1CCCN(c2ccc(Cn3cc(-c4cnc5[nH]ccc5c4)nn3)nn2)C1. The molecule has 2 aliphatic rings. The molecule has 210 valence electrons. The number of aromatic nitrogens is 7. The second-order valence-electron chi connectivity index (χ2n) is 12.0. The van der Waals surface area contributed by atoms with E-state index in [4.69, 9.17) is 4.74 Å². The first-order valence-corrected chi connectivity index (χ1v) is 14.2. The summed E-state index contributed by atoms with van der Waals surface area (Å²) in [7, 11) is 0. The monoisotopic (exact) mass is 543 g/mol. The molecule has 4 aromatic heterocycles. The third-order valence-corrected chi connectivity index (χ3v) is 7.73. The van der Waals surface area contributed by atoms with E-state index in [0.717, 1.165) is 66.3 Å². The highest BCUT2D eigenvalue weighted by molar-refractivity contribution is 5.80. The molecule has 1 aliphatic heterocycles. The number of ether oxygens (including phenoxy) is 1. The third kappa shape index (κ3) is 5.93. The molecule has 1 N–H and O–H groups in total. The van der Waals surface area contributed by atoms with Crippen molar-refractivity contribution in [1.82, 2.24) is 40.1 Å². The lowest BCUT2D eigenvalue weighted by Gasteiger charge is -2.42. The molecule has 1 saturated carbocycles. The van der Waals surface area contributed by atoms with E-state index in [1.54, 1.807) is 10.9 Å². The van der Waals surface area contributed by atoms with E-state index in [-0.39, 0.29) is 12.1 Å². The molecule has 1 saturated heterocycles. The summed E-state index contributed by atoms with van der Waals surface area (Å²) in [6.45, 7) is 8.64. The van der Waals surface area contributed by atoms with E-state index >= 15 is 0 Å². The van der Waals surface area contributed by atoms with Crippen molar-refractivity contribution in [1.29, 1.82) is 0 Å². The van der Waals surface area contributed by atoms with Gasteiger partial charge in [-0.3, -0.25) is 0 Å². The quantitative estimate of drug-likeness (QED) is 0.357. The van der Waals surface area contributed by atoms with Gasteiger partial charge in [-0.2, -0.15) is 5.10 Å². The number of pyridine rings is 1. The molecule has 0 unspecified atom stereocenters. The Kier molecular flexibility index (Phi) is 7.12. The molecular formula is C29H37N9O2. The number of anilines is 1. The zero-order valence-electron chi connectivity index (χ0n) is 23.5. The van der Waals surface area contributed by atoms with Crippen LogP contribution in [0, 0.1) is 5.92 Å². The number of carbonyl (C=O) groups is 1. The van der Waals surface area contributed by atoms with Gasteiger partial charge >= 0.3 is 6.09 Å². The van der Waals surface area contributed by atoms with Gasteiger partial charge in [-0.05, 0) is 76.6 Å². The van der Waals surface area contributed by atoms with Crippen LogP contribution in [-0.4, -0.2) is 77.4 Å². The van der Waals surface area contributed by atoms with Crippen LogP contribution < -0.4 is 4.90 Å². The van der Waals surface area contributed by atoms with Gasteiger partial charge in [-0.1, -0.05) is 11.6 Å². The Morgan fingerprint density at radius 3 is 2.75 bits per heavy atom. The summed E-state index contributed by atoms with van der Waals surface area (Å²) >= 11 is 0. The molecule has 1 aliphatic carbocycles. The highest BCUT2D eigenvalue weighted by Gasteiger charge is 2.34. The van der Waals surface area contributed by atoms with Gasteiger partial charge in [0.1, 0.15) is 16.9 Å². The first kappa shape index (κ1) is 26.2. The summed E-state index contributed by atoms with van der Waals surface area (Å²) in [6.07, 6.45) is 10.9. The maximum Gasteiger partial charge on any atom is 0.410 e. The van der Waals surface area contributed by atoms with E-state index < -0.39 is 5.60 Å². The Bertz CT molecular complexity index is 1450. The number of amides is 1. The predicted octanol–water partition coefficient (Wildman–Crippen LogP) is 4.67. The summed E-state index contributed by atoms with van der Waals surface area (Å²) in [6, 6.07) is 8.13. The van der Waals surface area contributed by atoms with Crippen molar-refractivity contribution in [3.63, 3.8) is 0 Å². The van der Waals surface area contributed by atoms with Crippen LogP contribution in [0.5, 0.6) is 0 Å². The topological polar surface area (TPSA) is 118 Å². The van der Waals surface area contributed by atoms with Crippen LogP contribution in [0.2, 0.25) is 0 Å². The number of hydrogen-bond donors (Lipinski definition) is 1. The molecule has 11 nitrogen and oxygen atoms in total. The van der Waals surface area contributed by atoms with Crippen molar-refractivity contribution in [3.8, 4) is 11.3 Å². The Labute approximate surface area is 233 Å². The molecule has 0 spiro atoms. The third-order valence-electron chi connectivity index (χ3n) is 7.73. The lowest BCUT2D eigenvalue weighted by atomic mass is 9.84. The number of H-pyrrole nitrogens is 1. The summed E-state index contributed by atoms with van der Waals surface area (Å²) in [5.41, 5.74) is 2.81. The van der Waals surface area contributed by atoms with Crippen molar-refractivity contribution >= 4 is 22.9 Å². The fourth-order valence-corrected chi connectivity index (χ4v) is 5.42. The second-order valence-corrected chi connectivity index (χ2v) is 12.0. The van der Waals surface area contributed by atoms with Crippen LogP contribution in [0.3, 0.4) is 0 Å². The summed E-state index contributed by atoms with van der Waals surface area (Å²) in [5, 5.41) is 18.7. The molecule has 11 heteroatoms. The van der Waals surface area contributed by atoms with E-state index in [1.165, 1.54) is 19.3 Å². The molecule has 5 heterocycles. The zero-order chi connectivity index (χ0) is 27.7. The average Bonchev–Trinajstić information content (AvgIpc) is 3.57. The minimum Gasteiger partial charge on any atom is -0.444 e. The van der Waals surface area contributed by atoms with Crippen molar-refractivity contribution in [3.05, 3.63) is 48.5 Å². The summed E-state index contributed by atoms with van der Waals surface area (Å²) in [5.74, 6) is 1.40. The standard InChI is InChI=1S/C29H37N9O2/c1-29(2,3)40-28(39)38(16-20-6-4-7-20)24-8-5-13-36(18-24)26-10-9-23(32-34-26)17-37-19-25(33-35-37)22-14-21-11-12-30-27(21)31-15-22/h9-12,14-15,19-20,24H,4-8,13,16-18H2,1-3H3,(H,30,31)/t24-/m1/s1. The number of carbonyl (C=O) groups excluding carboxylic acids is 1. The van der Waals surface area contributed by atoms with E-state index in [1.807, 2.05) is 62.3 Å². The molecule has 40 heavy (non-hydrogen) atoms. The van der Waals surface area contributed by atoms with Crippen molar-refractivity contribution < 1.29 is 9.53 Å². The number of rotatable bonds is 7. The largest absolute Gasteiger partial charge is 0.444 e. The van der Waals surface area contributed by atoms with Gasteiger partial charge in [0.15, 0.2) is 5.82 Å². The molecule has 6 rings (SSSR count). The smallest absolute Gasteiger partial charge is 0.410 e. The highest BCUT2D eigenvalue weighted by Crippen LogP contribution is 2.30. The Balaban J connectivity index is 1.10. The number of hydrogen-bond acceptors (Lipinski definition) is 8. The van der Waals surface area contributed by atoms with Crippen molar-refractivity contribution in [2.45, 2.75) is 71.1 Å². The second kappa shape index (κ2) is 10.9. The lowest BCUT2D eigenvalue weighted by molar-refractivity contribution is 0.00733. The predicted molar refractivity (Wildman–Crippen MR) is 152 cm³/mol. The first-order chi connectivity index (χ1) is 19.3. The Hall–Kier alpha value is -4.02. The van der Waals surface area contributed by atoms with Gasteiger partial charge in [0.2, 0.25) is 0 Å². The molecule has 2 fully saturated rings. The number of aromatic amines is 1. The van der Waals surface area contributed by atoms with Gasteiger partial charge in [0, 0.05) is 43.0 Å². The molecule has 1 atom stereocenters. The van der Waals surface area contributed by atoms with Gasteiger partial charge in [0.05, 0.1) is 24.5 Å². The maximum absolute atomic E-state index is 13.2. The van der Waals surface area contributed by atoms with Crippen LogP contribution in [0.4, 0.5) is 10.6 Å². The van der Waals surface area contributed by atoms with Crippen LogP contribution in [0.25, 0.3) is 22.3 Å². The number of piperidine rings is 1. The van der Waals surface area contributed by atoms with Gasteiger partial charge in [0.25, 0.3) is 0 Å². The van der Waals surface area contributed by atoms with Gasteiger partial charge in [-0.25, -0.2) is 14.5 Å². The lowest BCUT2D eigenvalue weighted by Crippen LogP contribution is -2.53. The maximum atomic E-state index is 13.2. The summed E-state index contributed by atoms with van der Waals surface area (Å²) < 4.78 is 7.56.